The molecule has 1 N–H and O–H groups in total. The van der Waals surface area contributed by atoms with E-state index in [2.05, 4.69) is 21.9 Å². The van der Waals surface area contributed by atoms with Crippen LogP contribution in [-0.4, -0.2) is 12.2 Å². The molecule has 0 aliphatic carbocycles. The average molecular weight is 255 g/mol. The molecule has 0 saturated heterocycles. The van der Waals surface area contributed by atoms with Crippen molar-refractivity contribution in [3.05, 3.63) is 22.2 Å². The van der Waals surface area contributed by atoms with Gasteiger partial charge in [-0.15, -0.1) is 6.42 Å². The number of hydrogen-bond donors (Lipinski definition) is 1. The van der Waals surface area contributed by atoms with Gasteiger partial charge in [-0.05, 0) is 19.1 Å². The quantitative estimate of drug-likeness (QED) is 0.823. The third kappa shape index (κ3) is 2.02. The minimum absolute atomic E-state index is 0.112. The van der Waals surface area contributed by atoms with Crippen LogP contribution in [0.25, 0.3) is 0 Å². The van der Waals surface area contributed by atoms with E-state index in [0.717, 1.165) is 4.47 Å². The third-order valence-corrected chi connectivity index (χ3v) is 2.46. The molecule has 1 atom stereocenters. The highest BCUT2D eigenvalue weighted by atomic mass is 79.9. The van der Waals surface area contributed by atoms with Crippen LogP contribution in [0.15, 0.2) is 16.6 Å². The molecule has 0 aliphatic heterocycles. The lowest BCUT2D eigenvalue weighted by Gasteiger charge is -2.11. The largest absolute Gasteiger partial charge is 0.504 e. The Balaban J connectivity index is 3.30. The molecule has 0 saturated carbocycles. The first-order valence-corrected chi connectivity index (χ1v) is 4.92. The zero-order valence-electron chi connectivity index (χ0n) is 8.04. The predicted molar refractivity (Wildman–Crippen MR) is 59.6 cm³/mol. The van der Waals surface area contributed by atoms with Crippen molar-refractivity contribution >= 4 is 15.9 Å². The summed E-state index contributed by atoms with van der Waals surface area (Å²) in [5.74, 6) is 2.97. The van der Waals surface area contributed by atoms with Gasteiger partial charge >= 0.3 is 0 Å². The van der Waals surface area contributed by atoms with Gasteiger partial charge in [-0.2, -0.15) is 0 Å². The van der Waals surface area contributed by atoms with Crippen molar-refractivity contribution < 1.29 is 9.84 Å². The lowest BCUT2D eigenvalue weighted by molar-refractivity contribution is 0.370. The van der Waals surface area contributed by atoms with Gasteiger partial charge in [-0.3, -0.25) is 0 Å². The highest BCUT2D eigenvalue weighted by Crippen LogP contribution is 2.37. The Hall–Kier alpha value is -1.14. The SMILES string of the molecule is C#CC(C)c1cc(Br)cc(OC)c1O. The number of methoxy groups -OCH3 is 1. The Morgan fingerprint density at radius 1 is 1.57 bits per heavy atom. The van der Waals surface area contributed by atoms with Crippen molar-refractivity contribution in [1.29, 1.82) is 0 Å². The minimum Gasteiger partial charge on any atom is -0.504 e. The second kappa shape index (κ2) is 4.39. The second-order valence-corrected chi connectivity index (χ2v) is 3.85. The number of rotatable bonds is 2. The van der Waals surface area contributed by atoms with Crippen LogP contribution in [0.3, 0.4) is 0 Å². The molecule has 74 valence electrons. The number of terminal acetylenes is 1. The lowest BCUT2D eigenvalue weighted by atomic mass is 10.0. The Morgan fingerprint density at radius 2 is 2.21 bits per heavy atom. The maximum absolute atomic E-state index is 9.77. The minimum atomic E-state index is -0.138. The predicted octanol–water partition coefficient (Wildman–Crippen LogP) is 2.90. The molecular weight excluding hydrogens is 244 g/mol. The molecule has 0 radical (unpaired) electrons. The standard InChI is InChI=1S/C11H11BrO2/c1-4-7(2)9-5-8(12)6-10(14-3)11(9)13/h1,5-7,13H,2-3H3. The molecule has 1 aromatic carbocycles. The number of phenolic OH excluding ortho intramolecular Hbond substituents is 1. The molecule has 3 heteroatoms. The van der Waals surface area contributed by atoms with E-state index in [4.69, 9.17) is 11.2 Å². The zero-order valence-corrected chi connectivity index (χ0v) is 9.63. The van der Waals surface area contributed by atoms with Gasteiger partial charge in [0.05, 0.1) is 7.11 Å². The van der Waals surface area contributed by atoms with Crippen LogP contribution in [0, 0.1) is 12.3 Å². The molecule has 1 unspecified atom stereocenters. The lowest BCUT2D eigenvalue weighted by Crippen LogP contribution is -1.93. The van der Waals surface area contributed by atoms with Crippen LogP contribution >= 0.6 is 15.9 Å². The topological polar surface area (TPSA) is 29.5 Å². The first-order valence-electron chi connectivity index (χ1n) is 4.12. The molecule has 0 heterocycles. The zero-order chi connectivity index (χ0) is 10.7. The van der Waals surface area contributed by atoms with Crippen LogP contribution in [0.2, 0.25) is 0 Å². The van der Waals surface area contributed by atoms with E-state index in [9.17, 15) is 5.11 Å². The summed E-state index contributed by atoms with van der Waals surface area (Å²) >= 11 is 3.33. The van der Waals surface area contributed by atoms with Crippen molar-refractivity contribution in [1.82, 2.24) is 0 Å². The first-order chi connectivity index (χ1) is 6.60. The number of halogens is 1. The van der Waals surface area contributed by atoms with Crippen LogP contribution in [0.4, 0.5) is 0 Å². The monoisotopic (exact) mass is 254 g/mol. The van der Waals surface area contributed by atoms with Crippen molar-refractivity contribution in [2.45, 2.75) is 12.8 Å². The fourth-order valence-electron chi connectivity index (χ4n) is 1.17. The Bertz CT molecular complexity index is 380. The molecule has 0 spiro atoms. The van der Waals surface area contributed by atoms with Crippen molar-refractivity contribution in [2.24, 2.45) is 0 Å². The van der Waals surface area contributed by atoms with E-state index < -0.39 is 0 Å². The molecule has 1 aromatic rings. The van der Waals surface area contributed by atoms with Gasteiger partial charge in [0.2, 0.25) is 0 Å². The Labute approximate surface area is 92.0 Å². The summed E-state index contributed by atoms with van der Waals surface area (Å²) in [4.78, 5) is 0. The van der Waals surface area contributed by atoms with E-state index in [1.165, 1.54) is 7.11 Å². The number of hydrogen-bond acceptors (Lipinski definition) is 2. The van der Waals surface area contributed by atoms with E-state index in [0.29, 0.717) is 11.3 Å². The van der Waals surface area contributed by atoms with Gasteiger partial charge in [0, 0.05) is 16.0 Å². The number of benzene rings is 1. The Kier molecular flexibility index (Phi) is 3.43. The second-order valence-electron chi connectivity index (χ2n) is 2.93. The van der Waals surface area contributed by atoms with E-state index in [1.54, 1.807) is 12.1 Å². The van der Waals surface area contributed by atoms with Gasteiger partial charge in [-0.25, -0.2) is 0 Å². The van der Waals surface area contributed by atoms with E-state index >= 15 is 0 Å². The maximum Gasteiger partial charge on any atom is 0.162 e. The molecule has 1 rings (SSSR count). The molecule has 14 heavy (non-hydrogen) atoms. The van der Waals surface area contributed by atoms with Crippen molar-refractivity contribution in [3.8, 4) is 23.8 Å². The first kappa shape index (κ1) is 10.9. The molecule has 2 nitrogen and oxygen atoms in total. The van der Waals surface area contributed by atoms with Crippen LogP contribution in [0.1, 0.15) is 18.4 Å². The Morgan fingerprint density at radius 3 is 2.71 bits per heavy atom. The summed E-state index contributed by atoms with van der Waals surface area (Å²) in [6.45, 7) is 1.85. The van der Waals surface area contributed by atoms with Crippen LogP contribution in [-0.2, 0) is 0 Å². The van der Waals surface area contributed by atoms with Crippen LogP contribution in [0.5, 0.6) is 11.5 Å². The van der Waals surface area contributed by atoms with Crippen molar-refractivity contribution in [3.63, 3.8) is 0 Å². The molecular formula is C11H11BrO2. The average Bonchev–Trinajstić information content (AvgIpc) is 2.19. The summed E-state index contributed by atoms with van der Waals surface area (Å²) in [5, 5.41) is 9.77. The van der Waals surface area contributed by atoms with E-state index in [-0.39, 0.29) is 11.7 Å². The van der Waals surface area contributed by atoms with Crippen LogP contribution < -0.4 is 4.74 Å². The maximum atomic E-state index is 9.77. The smallest absolute Gasteiger partial charge is 0.162 e. The summed E-state index contributed by atoms with van der Waals surface area (Å²) < 4.78 is 5.85. The summed E-state index contributed by atoms with van der Waals surface area (Å²) in [7, 11) is 1.51. The van der Waals surface area contributed by atoms with Gasteiger partial charge in [0.1, 0.15) is 0 Å². The van der Waals surface area contributed by atoms with E-state index in [1.807, 2.05) is 6.92 Å². The summed E-state index contributed by atoms with van der Waals surface area (Å²) in [6, 6.07) is 3.49. The molecule has 0 fully saturated rings. The van der Waals surface area contributed by atoms with Crippen molar-refractivity contribution in [2.75, 3.05) is 7.11 Å². The molecule has 0 aliphatic rings. The van der Waals surface area contributed by atoms with Gasteiger partial charge in [0.15, 0.2) is 11.5 Å². The number of aromatic hydroxyl groups is 1. The van der Waals surface area contributed by atoms with Gasteiger partial charge < -0.3 is 9.84 Å². The summed E-state index contributed by atoms with van der Waals surface area (Å²) in [6.07, 6.45) is 5.30. The molecule has 0 bridgehead atoms. The number of ether oxygens (including phenoxy) is 1. The normalized spacial score (nSPS) is 11.9. The third-order valence-electron chi connectivity index (χ3n) is 2.01. The fraction of sp³-hybridized carbons (Fsp3) is 0.273. The number of phenols is 1. The molecule has 0 aromatic heterocycles. The fourth-order valence-corrected chi connectivity index (χ4v) is 1.62. The summed E-state index contributed by atoms with van der Waals surface area (Å²) in [5.41, 5.74) is 0.693. The van der Waals surface area contributed by atoms with Gasteiger partial charge in [0.25, 0.3) is 0 Å². The van der Waals surface area contributed by atoms with Gasteiger partial charge in [-0.1, -0.05) is 21.9 Å². The molecule has 0 amide bonds. The highest BCUT2D eigenvalue weighted by Gasteiger charge is 2.13. The highest BCUT2D eigenvalue weighted by molar-refractivity contribution is 9.10.